The first-order valence-electron chi connectivity index (χ1n) is 10.3. The third kappa shape index (κ3) is 5.14. The van der Waals surface area contributed by atoms with E-state index >= 15 is 0 Å². The Hall–Kier alpha value is -3.59. The monoisotopic (exact) mass is 477 g/mol. The molecule has 0 unspecified atom stereocenters. The van der Waals surface area contributed by atoms with E-state index in [2.05, 4.69) is 5.32 Å². The van der Waals surface area contributed by atoms with Crippen molar-refractivity contribution in [3.8, 4) is 34.1 Å². The van der Waals surface area contributed by atoms with Crippen LogP contribution in [0.25, 0.3) is 11.1 Å². The molecule has 34 heavy (non-hydrogen) atoms. The Labute approximate surface area is 195 Å². The number of anilines is 1. The van der Waals surface area contributed by atoms with E-state index in [-0.39, 0.29) is 30.2 Å². The molecule has 0 aliphatic heterocycles. The average molecular weight is 477 g/mol. The summed E-state index contributed by atoms with van der Waals surface area (Å²) < 4.78 is 62.1. The van der Waals surface area contributed by atoms with E-state index in [1.54, 1.807) is 31.4 Å². The molecule has 182 valence electrons. The van der Waals surface area contributed by atoms with Crippen molar-refractivity contribution in [1.82, 2.24) is 0 Å². The molecule has 3 rings (SSSR count). The minimum Gasteiger partial charge on any atom is -0.497 e. The van der Waals surface area contributed by atoms with E-state index in [1.807, 2.05) is 6.07 Å². The van der Waals surface area contributed by atoms with E-state index in [1.165, 1.54) is 27.4 Å². The van der Waals surface area contributed by atoms with Crippen molar-refractivity contribution in [1.29, 1.82) is 0 Å². The summed E-state index contributed by atoms with van der Waals surface area (Å²) in [5.74, 6) is 1.67. The van der Waals surface area contributed by atoms with Gasteiger partial charge in [0.25, 0.3) is 0 Å². The zero-order valence-corrected chi connectivity index (χ0v) is 19.2. The van der Waals surface area contributed by atoms with Crippen LogP contribution in [0.1, 0.15) is 16.7 Å². The second kappa shape index (κ2) is 10.6. The minimum absolute atomic E-state index is 0.221. The highest BCUT2D eigenvalue weighted by Gasteiger charge is 2.32. The summed E-state index contributed by atoms with van der Waals surface area (Å²) in [6.07, 6.45) is -4.53. The SMILES string of the molecule is COc1ccc(CNc2ccc(C(F)(F)F)cc2-c2ccc(CO)c(OC)c2OC)c(OC)c1. The summed E-state index contributed by atoms with van der Waals surface area (Å²) in [4.78, 5) is 0. The number of ether oxygens (including phenoxy) is 4. The van der Waals surface area contributed by atoms with E-state index < -0.39 is 11.7 Å². The molecule has 0 atom stereocenters. The van der Waals surface area contributed by atoms with Crippen LogP contribution < -0.4 is 24.3 Å². The largest absolute Gasteiger partial charge is 0.497 e. The second-order valence-electron chi connectivity index (χ2n) is 7.29. The summed E-state index contributed by atoms with van der Waals surface area (Å²) in [5, 5.41) is 12.8. The Kier molecular flexibility index (Phi) is 7.78. The number of aliphatic hydroxyl groups is 1. The maximum absolute atomic E-state index is 13.5. The van der Waals surface area contributed by atoms with Gasteiger partial charge in [0.2, 0.25) is 0 Å². The van der Waals surface area contributed by atoms with Crippen LogP contribution in [0.2, 0.25) is 0 Å². The fraction of sp³-hybridized carbons (Fsp3) is 0.280. The summed E-state index contributed by atoms with van der Waals surface area (Å²) >= 11 is 0. The molecule has 6 nitrogen and oxygen atoms in total. The van der Waals surface area contributed by atoms with Gasteiger partial charge in [-0.05, 0) is 36.4 Å². The lowest BCUT2D eigenvalue weighted by atomic mass is 9.97. The standard InChI is InChI=1S/C25H26F3NO5/c1-31-18-8-5-15(22(12-18)32-2)13-29-21-10-7-17(25(26,27)28)11-20(21)19-9-6-16(14-30)23(33-3)24(19)34-4/h5-12,29-30H,13-14H2,1-4H3. The number of hydrogen-bond acceptors (Lipinski definition) is 6. The number of nitrogens with one attached hydrogen (secondary N) is 1. The number of methoxy groups -OCH3 is 4. The highest BCUT2D eigenvalue weighted by molar-refractivity contribution is 5.84. The maximum Gasteiger partial charge on any atom is 0.416 e. The third-order valence-electron chi connectivity index (χ3n) is 5.37. The minimum atomic E-state index is -4.53. The van der Waals surface area contributed by atoms with Crippen LogP contribution in [-0.2, 0) is 19.3 Å². The van der Waals surface area contributed by atoms with Crippen molar-refractivity contribution >= 4 is 5.69 Å². The zero-order valence-electron chi connectivity index (χ0n) is 19.2. The number of benzene rings is 3. The van der Waals surface area contributed by atoms with Gasteiger partial charge in [0.1, 0.15) is 11.5 Å². The molecule has 2 N–H and O–H groups in total. The smallest absolute Gasteiger partial charge is 0.416 e. The molecule has 0 aliphatic rings. The third-order valence-corrected chi connectivity index (χ3v) is 5.37. The summed E-state index contributed by atoms with van der Waals surface area (Å²) in [5.41, 5.74) is 1.53. The van der Waals surface area contributed by atoms with Crippen molar-refractivity contribution in [2.45, 2.75) is 19.3 Å². The highest BCUT2D eigenvalue weighted by atomic mass is 19.4. The van der Waals surface area contributed by atoms with Crippen molar-refractivity contribution < 1.29 is 37.2 Å². The Morgan fingerprint density at radius 3 is 2.06 bits per heavy atom. The molecule has 0 bridgehead atoms. The van der Waals surface area contributed by atoms with E-state index in [0.29, 0.717) is 28.3 Å². The number of hydrogen-bond donors (Lipinski definition) is 2. The van der Waals surface area contributed by atoms with Crippen LogP contribution in [0.15, 0.2) is 48.5 Å². The van der Waals surface area contributed by atoms with Crippen LogP contribution in [0, 0.1) is 0 Å². The van der Waals surface area contributed by atoms with Gasteiger partial charge in [-0.15, -0.1) is 0 Å². The Balaban J connectivity index is 2.11. The van der Waals surface area contributed by atoms with Gasteiger partial charge in [-0.25, -0.2) is 0 Å². The van der Waals surface area contributed by atoms with E-state index in [0.717, 1.165) is 17.7 Å². The number of alkyl halides is 3. The number of halogens is 3. The summed E-state index contributed by atoms with van der Waals surface area (Å²) in [6, 6.07) is 12.0. The Morgan fingerprint density at radius 2 is 1.47 bits per heavy atom. The molecule has 3 aromatic carbocycles. The average Bonchev–Trinajstić information content (AvgIpc) is 2.85. The number of aliphatic hydroxyl groups excluding tert-OH is 1. The predicted octanol–water partition coefficient (Wildman–Crippen LogP) is 5.51. The molecule has 9 heteroatoms. The van der Waals surface area contributed by atoms with Gasteiger partial charge >= 0.3 is 6.18 Å². The first-order valence-corrected chi connectivity index (χ1v) is 10.3. The van der Waals surface area contributed by atoms with Gasteiger partial charge in [-0.2, -0.15) is 13.2 Å². The molecule has 0 aromatic heterocycles. The summed E-state index contributed by atoms with van der Waals surface area (Å²) in [7, 11) is 5.88. The lowest BCUT2D eigenvalue weighted by molar-refractivity contribution is -0.137. The Morgan fingerprint density at radius 1 is 0.765 bits per heavy atom. The molecule has 0 fully saturated rings. The normalized spacial score (nSPS) is 11.2. The van der Waals surface area contributed by atoms with Crippen molar-refractivity contribution in [2.24, 2.45) is 0 Å². The lowest BCUT2D eigenvalue weighted by Gasteiger charge is -2.20. The molecule has 0 spiro atoms. The van der Waals surface area contributed by atoms with Crippen LogP contribution >= 0.6 is 0 Å². The summed E-state index contributed by atoms with van der Waals surface area (Å²) in [6.45, 7) is -0.0372. The maximum atomic E-state index is 13.5. The first kappa shape index (κ1) is 25.0. The molecule has 0 amide bonds. The van der Waals surface area contributed by atoms with Crippen molar-refractivity contribution in [3.05, 3.63) is 65.2 Å². The molecule has 0 heterocycles. The van der Waals surface area contributed by atoms with Crippen molar-refractivity contribution in [3.63, 3.8) is 0 Å². The van der Waals surface area contributed by atoms with Crippen LogP contribution in [0.4, 0.5) is 18.9 Å². The predicted molar refractivity (Wildman–Crippen MR) is 123 cm³/mol. The molecule has 3 aromatic rings. The van der Waals surface area contributed by atoms with Gasteiger partial charge in [0.05, 0.1) is 40.6 Å². The Bertz CT molecular complexity index is 1150. The molecular formula is C25H26F3NO5. The van der Waals surface area contributed by atoms with Gasteiger partial charge in [-0.3, -0.25) is 0 Å². The molecule has 0 aliphatic carbocycles. The van der Waals surface area contributed by atoms with Gasteiger partial charge in [0.15, 0.2) is 11.5 Å². The second-order valence-corrected chi connectivity index (χ2v) is 7.29. The van der Waals surface area contributed by atoms with Crippen molar-refractivity contribution in [2.75, 3.05) is 33.8 Å². The fourth-order valence-corrected chi connectivity index (χ4v) is 3.65. The molecule has 0 radical (unpaired) electrons. The van der Waals surface area contributed by atoms with Gasteiger partial charge in [-0.1, -0.05) is 6.07 Å². The molecule has 0 saturated carbocycles. The first-order chi connectivity index (χ1) is 16.3. The topological polar surface area (TPSA) is 69.2 Å². The van der Waals surface area contributed by atoms with Crippen LogP contribution in [-0.4, -0.2) is 33.5 Å². The van der Waals surface area contributed by atoms with Crippen LogP contribution in [0.3, 0.4) is 0 Å². The van der Waals surface area contributed by atoms with E-state index in [9.17, 15) is 18.3 Å². The van der Waals surface area contributed by atoms with Gasteiger partial charge < -0.3 is 29.4 Å². The molecule has 0 saturated heterocycles. The highest BCUT2D eigenvalue weighted by Crippen LogP contribution is 2.45. The quantitative estimate of drug-likeness (QED) is 0.424. The number of rotatable bonds is 9. The molecular weight excluding hydrogens is 451 g/mol. The zero-order chi connectivity index (χ0) is 24.9. The fourth-order valence-electron chi connectivity index (χ4n) is 3.65. The lowest BCUT2D eigenvalue weighted by Crippen LogP contribution is -2.08. The van der Waals surface area contributed by atoms with E-state index in [4.69, 9.17) is 18.9 Å². The van der Waals surface area contributed by atoms with Gasteiger partial charge in [0, 0.05) is 40.6 Å². The van der Waals surface area contributed by atoms with Crippen LogP contribution in [0.5, 0.6) is 23.0 Å².